The van der Waals surface area contributed by atoms with Gasteiger partial charge in [0.05, 0.1) is 18.4 Å². The van der Waals surface area contributed by atoms with Crippen LogP contribution in [0.2, 0.25) is 0 Å². The zero-order valence-electron chi connectivity index (χ0n) is 16.5. The van der Waals surface area contributed by atoms with E-state index in [4.69, 9.17) is 16.3 Å². The van der Waals surface area contributed by atoms with Crippen LogP contribution in [0, 0.1) is 17.7 Å². The maximum atomic E-state index is 15.1. The molecule has 1 saturated carbocycles. The highest BCUT2D eigenvalue weighted by molar-refractivity contribution is 5.91. The number of nitrogens with two attached hydrogens (primary N) is 2. The molecule has 1 aliphatic carbocycles. The van der Waals surface area contributed by atoms with Crippen molar-refractivity contribution in [2.24, 2.45) is 17.6 Å². The van der Waals surface area contributed by atoms with E-state index in [1.807, 2.05) is 0 Å². The van der Waals surface area contributed by atoms with Crippen LogP contribution in [0.15, 0.2) is 15.7 Å². The highest BCUT2D eigenvalue weighted by Crippen LogP contribution is 2.46. The summed E-state index contributed by atoms with van der Waals surface area (Å²) in [5.74, 6) is 1.83. The molecule has 1 aromatic heterocycles. The third-order valence-electron chi connectivity index (χ3n) is 5.88. The Kier molecular flexibility index (Phi) is 5.91. The summed E-state index contributed by atoms with van der Waals surface area (Å²) in [7, 11) is 1.21. The lowest BCUT2D eigenvalue weighted by Gasteiger charge is -2.24. The van der Waals surface area contributed by atoms with Gasteiger partial charge in [0.25, 0.3) is 5.56 Å². The Morgan fingerprint density at radius 2 is 1.87 bits per heavy atom. The first kappa shape index (κ1) is 23.2. The minimum Gasteiger partial charge on any atom is -0.492 e. The summed E-state index contributed by atoms with van der Waals surface area (Å²) in [4.78, 5) is 26.3. The van der Waals surface area contributed by atoms with E-state index >= 15 is 4.39 Å². The molecule has 1 saturated heterocycles. The quantitative estimate of drug-likeness (QED) is 0.519. The van der Waals surface area contributed by atoms with Gasteiger partial charge in [-0.1, -0.05) is 0 Å². The molecule has 4 N–H and O–H groups in total. The Hall–Kier alpha value is -2.47. The number of nitrogens with zero attached hydrogens (tertiary/aromatic N) is 3. The maximum Gasteiger partial charge on any atom is 0.393 e. The standard InChI is InChI=1S/C18H21F4N5O3.ClH/c1-30-15-13-10(16(28)27(24)17(29)26(13)9-2-3-9)4-12(19)14(15)25-6-8(5-23)11(7-25)18(20,21)22;/h4,8-9,11H,2-3,5-7,23-24H2,1H3;1H/t8-,11-;/m1./s1. The van der Waals surface area contributed by atoms with Gasteiger partial charge < -0.3 is 21.2 Å². The lowest BCUT2D eigenvalue weighted by molar-refractivity contribution is -0.178. The summed E-state index contributed by atoms with van der Waals surface area (Å²) in [6.45, 7) is -0.865. The molecule has 31 heavy (non-hydrogen) atoms. The molecule has 13 heteroatoms. The van der Waals surface area contributed by atoms with Gasteiger partial charge in [-0.15, -0.1) is 12.4 Å². The van der Waals surface area contributed by atoms with Crippen LogP contribution in [0.1, 0.15) is 18.9 Å². The highest BCUT2D eigenvalue weighted by atomic mass is 35.5. The van der Waals surface area contributed by atoms with Gasteiger partial charge in [0, 0.05) is 25.0 Å². The average molecular weight is 468 g/mol. The van der Waals surface area contributed by atoms with E-state index in [0.29, 0.717) is 17.5 Å². The molecule has 2 aromatic rings. The van der Waals surface area contributed by atoms with E-state index in [1.165, 1.54) is 16.6 Å². The third kappa shape index (κ3) is 3.61. The largest absolute Gasteiger partial charge is 0.492 e. The molecule has 0 spiro atoms. The van der Waals surface area contributed by atoms with Gasteiger partial charge in [0.15, 0.2) is 11.6 Å². The number of ether oxygens (including phenoxy) is 1. The fourth-order valence-corrected chi connectivity index (χ4v) is 4.26. The van der Waals surface area contributed by atoms with Gasteiger partial charge in [0.2, 0.25) is 0 Å². The summed E-state index contributed by atoms with van der Waals surface area (Å²) in [6, 6.07) is 0.649. The Morgan fingerprint density at radius 1 is 1.23 bits per heavy atom. The molecule has 0 bridgehead atoms. The highest BCUT2D eigenvalue weighted by Gasteiger charge is 2.50. The second-order valence-electron chi connectivity index (χ2n) is 7.74. The van der Waals surface area contributed by atoms with Crippen molar-refractivity contribution < 1.29 is 22.3 Å². The van der Waals surface area contributed by atoms with Crippen LogP contribution in [-0.2, 0) is 0 Å². The molecule has 8 nitrogen and oxygen atoms in total. The minimum absolute atomic E-state index is 0. The topological polar surface area (TPSA) is 109 Å². The van der Waals surface area contributed by atoms with E-state index in [-0.39, 0.29) is 53.9 Å². The molecule has 1 aromatic carbocycles. The third-order valence-corrected chi connectivity index (χ3v) is 5.88. The van der Waals surface area contributed by atoms with Gasteiger partial charge in [-0.3, -0.25) is 9.36 Å². The minimum atomic E-state index is -4.50. The van der Waals surface area contributed by atoms with E-state index < -0.39 is 41.6 Å². The molecule has 4 rings (SSSR count). The van der Waals surface area contributed by atoms with Crippen molar-refractivity contribution in [3.8, 4) is 5.75 Å². The van der Waals surface area contributed by atoms with Crippen LogP contribution in [-0.4, -0.2) is 42.2 Å². The average Bonchev–Trinajstić information content (AvgIpc) is 3.42. The van der Waals surface area contributed by atoms with Crippen LogP contribution >= 0.6 is 12.4 Å². The van der Waals surface area contributed by atoms with Crippen molar-refractivity contribution in [2.75, 3.05) is 37.5 Å². The number of benzene rings is 1. The molecular weight excluding hydrogens is 446 g/mol. The second kappa shape index (κ2) is 7.90. The van der Waals surface area contributed by atoms with Gasteiger partial charge in [0.1, 0.15) is 11.2 Å². The lowest BCUT2D eigenvalue weighted by atomic mass is 9.96. The predicted octanol–water partition coefficient (Wildman–Crippen LogP) is 1.35. The van der Waals surface area contributed by atoms with Crippen molar-refractivity contribution in [1.29, 1.82) is 0 Å². The van der Waals surface area contributed by atoms with Crippen LogP contribution < -0.4 is 32.5 Å². The van der Waals surface area contributed by atoms with E-state index in [1.54, 1.807) is 0 Å². The van der Waals surface area contributed by atoms with Crippen LogP contribution in [0.25, 0.3) is 10.9 Å². The molecule has 0 amide bonds. The Morgan fingerprint density at radius 3 is 2.35 bits per heavy atom. The Labute approximate surface area is 179 Å². The molecule has 2 heterocycles. The molecule has 0 radical (unpaired) electrons. The molecule has 0 unspecified atom stereocenters. The number of aromatic nitrogens is 2. The Bertz CT molecular complexity index is 1130. The Balaban J connectivity index is 0.00000272. The predicted molar refractivity (Wildman–Crippen MR) is 109 cm³/mol. The van der Waals surface area contributed by atoms with Crippen LogP contribution in [0.4, 0.5) is 23.2 Å². The molecule has 2 aliphatic rings. The van der Waals surface area contributed by atoms with E-state index in [0.717, 1.165) is 6.07 Å². The number of hydrogen-bond acceptors (Lipinski definition) is 6. The van der Waals surface area contributed by atoms with Crippen molar-refractivity contribution in [1.82, 2.24) is 9.24 Å². The van der Waals surface area contributed by atoms with Crippen molar-refractivity contribution in [3.63, 3.8) is 0 Å². The number of halogens is 5. The molecule has 1 aliphatic heterocycles. The summed E-state index contributed by atoms with van der Waals surface area (Å²) < 4.78 is 62.5. The maximum absolute atomic E-state index is 15.1. The molecule has 172 valence electrons. The summed E-state index contributed by atoms with van der Waals surface area (Å²) in [5.41, 5.74) is 3.64. The monoisotopic (exact) mass is 467 g/mol. The van der Waals surface area contributed by atoms with Crippen LogP contribution in [0.5, 0.6) is 5.75 Å². The zero-order chi connectivity index (χ0) is 22.0. The van der Waals surface area contributed by atoms with Gasteiger partial charge >= 0.3 is 11.9 Å². The normalized spacial score (nSPS) is 21.4. The number of fused-ring (bicyclic) bond motifs is 1. The van der Waals surface area contributed by atoms with Gasteiger partial charge in [-0.2, -0.15) is 17.8 Å². The van der Waals surface area contributed by atoms with Crippen molar-refractivity contribution >= 4 is 29.0 Å². The molecule has 2 fully saturated rings. The number of methoxy groups -OCH3 is 1. The van der Waals surface area contributed by atoms with Crippen LogP contribution in [0.3, 0.4) is 0 Å². The number of alkyl halides is 3. The fourth-order valence-electron chi connectivity index (χ4n) is 4.26. The van der Waals surface area contributed by atoms with Gasteiger partial charge in [-0.25, -0.2) is 9.18 Å². The van der Waals surface area contributed by atoms with Crippen molar-refractivity contribution in [3.05, 3.63) is 32.7 Å². The molecular formula is C18H22ClF4N5O3. The summed E-state index contributed by atoms with van der Waals surface area (Å²) >= 11 is 0. The number of hydrogen-bond donors (Lipinski definition) is 2. The lowest BCUT2D eigenvalue weighted by Crippen LogP contribution is -2.44. The SMILES string of the molecule is COc1c(N2C[C@@H](CN)[C@H](C(F)(F)F)C2)c(F)cc2c(=O)n(N)c(=O)n(C3CC3)c12.Cl. The van der Waals surface area contributed by atoms with Gasteiger partial charge in [-0.05, 0) is 25.5 Å². The smallest absolute Gasteiger partial charge is 0.393 e. The first-order valence-corrected chi connectivity index (χ1v) is 9.44. The zero-order valence-corrected chi connectivity index (χ0v) is 17.3. The second-order valence-corrected chi connectivity index (χ2v) is 7.74. The fraction of sp³-hybridized carbons (Fsp3) is 0.556. The van der Waals surface area contributed by atoms with Crippen molar-refractivity contribution in [2.45, 2.75) is 25.1 Å². The summed E-state index contributed by atoms with van der Waals surface area (Å²) in [5, 5.41) is -0.177. The number of nitrogen functional groups attached to an aromatic ring is 1. The molecule has 2 atom stereocenters. The summed E-state index contributed by atoms with van der Waals surface area (Å²) in [6.07, 6.45) is -3.20. The van der Waals surface area contributed by atoms with E-state index in [9.17, 15) is 22.8 Å². The number of anilines is 1. The van der Waals surface area contributed by atoms with E-state index in [2.05, 4.69) is 0 Å². The first-order chi connectivity index (χ1) is 14.1. The number of rotatable bonds is 4. The first-order valence-electron chi connectivity index (χ1n) is 9.44.